The molecule has 0 saturated carbocycles. The van der Waals surface area contributed by atoms with Crippen molar-refractivity contribution in [3.63, 3.8) is 0 Å². The molecule has 0 fully saturated rings. The van der Waals surface area contributed by atoms with E-state index in [1.807, 2.05) is 30.3 Å². The summed E-state index contributed by atoms with van der Waals surface area (Å²) in [6, 6.07) is 15.0. The number of hydrogen-bond donors (Lipinski definition) is 3. The topological polar surface area (TPSA) is 79.8 Å². The van der Waals surface area contributed by atoms with Gasteiger partial charge in [0.1, 0.15) is 0 Å². The fourth-order valence-electron chi connectivity index (χ4n) is 2.87. The molecule has 0 saturated heterocycles. The summed E-state index contributed by atoms with van der Waals surface area (Å²) >= 11 is 0. The lowest BCUT2D eigenvalue weighted by atomic mass is 9.93. The number of ether oxygens (including phenoxy) is 2. The SMILES string of the molecule is O=C(NCCC(CCO)c1ccccc1)Nc1ccc2c(c1)OCO2. The predicted molar refractivity (Wildman–Crippen MR) is 95.1 cm³/mol. The van der Waals surface area contributed by atoms with E-state index in [9.17, 15) is 9.90 Å². The maximum absolute atomic E-state index is 12.0. The van der Waals surface area contributed by atoms with Gasteiger partial charge in [-0.05, 0) is 36.5 Å². The minimum absolute atomic E-state index is 0.128. The number of nitrogens with one attached hydrogen (secondary N) is 2. The summed E-state index contributed by atoms with van der Waals surface area (Å²) < 4.78 is 10.5. The van der Waals surface area contributed by atoms with Crippen LogP contribution >= 0.6 is 0 Å². The van der Waals surface area contributed by atoms with E-state index in [1.165, 1.54) is 5.56 Å². The minimum Gasteiger partial charge on any atom is -0.454 e. The summed E-state index contributed by atoms with van der Waals surface area (Å²) in [6.45, 7) is 0.857. The molecular formula is C19H22N2O4. The molecule has 0 bridgehead atoms. The van der Waals surface area contributed by atoms with Crippen molar-refractivity contribution in [1.82, 2.24) is 5.32 Å². The van der Waals surface area contributed by atoms with Gasteiger partial charge in [0.2, 0.25) is 6.79 Å². The molecule has 2 aromatic carbocycles. The first-order valence-corrected chi connectivity index (χ1v) is 8.36. The molecule has 1 atom stereocenters. The Morgan fingerprint density at radius 2 is 1.88 bits per heavy atom. The fourth-order valence-corrected chi connectivity index (χ4v) is 2.87. The molecule has 132 valence electrons. The van der Waals surface area contributed by atoms with E-state index in [4.69, 9.17) is 9.47 Å². The van der Waals surface area contributed by atoms with Crippen molar-refractivity contribution in [3.8, 4) is 11.5 Å². The quantitative estimate of drug-likeness (QED) is 0.722. The molecule has 3 rings (SSSR count). The summed E-state index contributed by atoms with van der Waals surface area (Å²) in [7, 11) is 0. The first-order chi connectivity index (χ1) is 12.3. The number of carbonyl (C=O) groups excluding carboxylic acids is 1. The molecule has 1 heterocycles. The summed E-state index contributed by atoms with van der Waals surface area (Å²) in [5, 5.41) is 14.9. The highest BCUT2D eigenvalue weighted by molar-refractivity contribution is 5.89. The number of hydrogen-bond acceptors (Lipinski definition) is 4. The van der Waals surface area contributed by atoms with Gasteiger partial charge in [-0.1, -0.05) is 30.3 Å². The summed E-state index contributed by atoms with van der Waals surface area (Å²) in [5.74, 6) is 1.53. The first-order valence-electron chi connectivity index (χ1n) is 8.36. The molecule has 2 amide bonds. The third-order valence-electron chi connectivity index (χ3n) is 4.16. The number of carbonyl (C=O) groups is 1. The zero-order valence-electron chi connectivity index (χ0n) is 13.9. The standard InChI is InChI=1S/C19H22N2O4/c22-11-9-15(14-4-2-1-3-5-14)8-10-20-19(23)21-16-6-7-17-18(12-16)25-13-24-17/h1-7,12,15,22H,8-11,13H2,(H2,20,21,23). The van der Waals surface area contributed by atoms with Crippen LogP contribution in [-0.2, 0) is 0 Å². The van der Waals surface area contributed by atoms with E-state index in [-0.39, 0.29) is 25.3 Å². The first kappa shape index (κ1) is 17.1. The van der Waals surface area contributed by atoms with E-state index < -0.39 is 0 Å². The van der Waals surface area contributed by atoms with Crippen LogP contribution in [0, 0.1) is 0 Å². The fraction of sp³-hybridized carbons (Fsp3) is 0.316. The third-order valence-corrected chi connectivity index (χ3v) is 4.16. The largest absolute Gasteiger partial charge is 0.454 e. The van der Waals surface area contributed by atoms with Crippen LogP contribution in [-0.4, -0.2) is 31.1 Å². The Morgan fingerprint density at radius 1 is 1.08 bits per heavy atom. The third kappa shape index (κ3) is 4.64. The van der Waals surface area contributed by atoms with E-state index in [1.54, 1.807) is 18.2 Å². The van der Waals surface area contributed by atoms with Gasteiger partial charge in [-0.3, -0.25) is 0 Å². The van der Waals surface area contributed by atoms with E-state index in [0.717, 1.165) is 6.42 Å². The number of rotatable bonds is 7. The van der Waals surface area contributed by atoms with Crippen molar-refractivity contribution < 1.29 is 19.4 Å². The normalized spacial score (nSPS) is 13.3. The molecule has 3 N–H and O–H groups in total. The van der Waals surface area contributed by atoms with Crippen LogP contribution in [0.5, 0.6) is 11.5 Å². The second-order valence-electron chi connectivity index (χ2n) is 5.86. The van der Waals surface area contributed by atoms with Gasteiger partial charge < -0.3 is 25.2 Å². The molecule has 25 heavy (non-hydrogen) atoms. The number of urea groups is 1. The van der Waals surface area contributed by atoms with Crippen molar-refractivity contribution in [3.05, 3.63) is 54.1 Å². The highest BCUT2D eigenvalue weighted by Gasteiger charge is 2.14. The Kier molecular flexibility index (Phi) is 5.74. The maximum atomic E-state index is 12.0. The van der Waals surface area contributed by atoms with Crippen molar-refractivity contribution in [2.45, 2.75) is 18.8 Å². The van der Waals surface area contributed by atoms with Gasteiger partial charge in [0, 0.05) is 24.9 Å². The number of anilines is 1. The molecular weight excluding hydrogens is 320 g/mol. The van der Waals surface area contributed by atoms with Crippen LogP contribution in [0.1, 0.15) is 24.3 Å². The molecule has 0 aromatic heterocycles. The van der Waals surface area contributed by atoms with Crippen LogP contribution in [0.3, 0.4) is 0 Å². The average Bonchev–Trinajstić information content (AvgIpc) is 3.09. The molecule has 6 nitrogen and oxygen atoms in total. The van der Waals surface area contributed by atoms with E-state index in [2.05, 4.69) is 10.6 Å². The van der Waals surface area contributed by atoms with Gasteiger partial charge in [0.25, 0.3) is 0 Å². The molecule has 1 aliphatic heterocycles. The smallest absolute Gasteiger partial charge is 0.319 e. The number of aliphatic hydroxyl groups is 1. The zero-order chi connectivity index (χ0) is 17.5. The Hall–Kier alpha value is -2.73. The zero-order valence-corrected chi connectivity index (χ0v) is 13.9. The van der Waals surface area contributed by atoms with Gasteiger partial charge in [0.15, 0.2) is 11.5 Å². The number of aliphatic hydroxyl groups excluding tert-OH is 1. The summed E-state index contributed by atoms with van der Waals surface area (Å²) in [6.07, 6.45) is 1.44. The highest BCUT2D eigenvalue weighted by Crippen LogP contribution is 2.34. The molecule has 2 aromatic rings. The predicted octanol–water partition coefficient (Wildman–Crippen LogP) is 3.09. The molecule has 1 aliphatic rings. The van der Waals surface area contributed by atoms with Crippen molar-refractivity contribution in [1.29, 1.82) is 0 Å². The van der Waals surface area contributed by atoms with Gasteiger partial charge in [-0.25, -0.2) is 4.79 Å². The second-order valence-corrected chi connectivity index (χ2v) is 5.86. The minimum atomic E-state index is -0.269. The Bertz CT molecular complexity index is 706. The summed E-state index contributed by atoms with van der Waals surface area (Å²) in [4.78, 5) is 12.0. The Labute approximate surface area is 146 Å². The van der Waals surface area contributed by atoms with Crippen LogP contribution < -0.4 is 20.1 Å². The highest BCUT2D eigenvalue weighted by atomic mass is 16.7. The van der Waals surface area contributed by atoms with Crippen molar-refractivity contribution in [2.75, 3.05) is 25.3 Å². The van der Waals surface area contributed by atoms with Crippen molar-refractivity contribution >= 4 is 11.7 Å². The lowest BCUT2D eigenvalue weighted by molar-refractivity contribution is 0.174. The Morgan fingerprint density at radius 3 is 2.68 bits per heavy atom. The van der Waals surface area contributed by atoms with Crippen LogP contribution in [0.25, 0.3) is 0 Å². The molecule has 1 unspecified atom stereocenters. The number of benzene rings is 2. The lowest BCUT2D eigenvalue weighted by Crippen LogP contribution is -2.30. The monoisotopic (exact) mass is 342 g/mol. The maximum Gasteiger partial charge on any atom is 0.319 e. The van der Waals surface area contributed by atoms with Crippen molar-refractivity contribution in [2.24, 2.45) is 0 Å². The summed E-state index contributed by atoms with van der Waals surface area (Å²) in [5.41, 5.74) is 1.83. The van der Waals surface area contributed by atoms with E-state index >= 15 is 0 Å². The molecule has 0 spiro atoms. The Balaban J connectivity index is 1.48. The second kappa shape index (κ2) is 8.39. The lowest BCUT2D eigenvalue weighted by Gasteiger charge is -2.17. The molecule has 0 radical (unpaired) electrons. The number of fused-ring (bicyclic) bond motifs is 1. The number of amides is 2. The van der Waals surface area contributed by atoms with Gasteiger partial charge >= 0.3 is 6.03 Å². The van der Waals surface area contributed by atoms with Gasteiger partial charge in [0.05, 0.1) is 0 Å². The van der Waals surface area contributed by atoms with Gasteiger partial charge in [-0.15, -0.1) is 0 Å². The molecule has 6 heteroatoms. The van der Waals surface area contributed by atoms with Crippen LogP contribution in [0.2, 0.25) is 0 Å². The molecule has 0 aliphatic carbocycles. The van der Waals surface area contributed by atoms with Gasteiger partial charge in [-0.2, -0.15) is 0 Å². The van der Waals surface area contributed by atoms with Crippen LogP contribution in [0.4, 0.5) is 10.5 Å². The van der Waals surface area contributed by atoms with E-state index in [0.29, 0.717) is 30.2 Å². The average molecular weight is 342 g/mol. The van der Waals surface area contributed by atoms with Crippen LogP contribution in [0.15, 0.2) is 48.5 Å².